The second kappa shape index (κ2) is 16.1. The second-order valence-corrected chi connectivity index (χ2v) is 13.2. The van der Waals surface area contributed by atoms with Crippen molar-refractivity contribution in [3.05, 3.63) is 150 Å². The zero-order valence-corrected chi connectivity index (χ0v) is 28.8. The first-order chi connectivity index (χ1) is 25.5. The summed E-state index contributed by atoms with van der Waals surface area (Å²) in [6.07, 6.45) is 3.43. The Morgan fingerprint density at radius 1 is 0.885 bits per heavy atom. The number of rotatable bonds is 11. The highest BCUT2D eigenvalue weighted by Crippen LogP contribution is 2.46. The number of carbonyl (C=O) groups excluding carboxylic acids is 2. The van der Waals surface area contributed by atoms with Crippen LogP contribution in [0.2, 0.25) is 0 Å². The van der Waals surface area contributed by atoms with E-state index in [0.717, 1.165) is 53.2 Å². The predicted molar refractivity (Wildman–Crippen MR) is 198 cm³/mol. The number of nitrogens with zero attached hydrogens (tertiary/aromatic N) is 3. The van der Waals surface area contributed by atoms with Crippen LogP contribution in [0, 0.1) is 11.8 Å². The fourth-order valence-corrected chi connectivity index (χ4v) is 7.39. The van der Waals surface area contributed by atoms with Gasteiger partial charge in [-0.1, -0.05) is 97.1 Å². The Labute approximate surface area is 303 Å². The summed E-state index contributed by atoms with van der Waals surface area (Å²) in [5.41, 5.74) is 6.32. The number of anilines is 1. The Hall–Kier alpha value is -5.71. The molecule has 4 heterocycles. The van der Waals surface area contributed by atoms with E-state index in [1.807, 2.05) is 97.1 Å². The average Bonchev–Trinajstić information content (AvgIpc) is 3.20. The Balaban J connectivity index is 1.29. The van der Waals surface area contributed by atoms with Crippen LogP contribution in [0.25, 0.3) is 10.9 Å². The number of hydrogen-bond donors (Lipinski definition) is 2. The number of nitrogens with one attached hydrogen (secondary N) is 1. The summed E-state index contributed by atoms with van der Waals surface area (Å²) >= 11 is 0. The van der Waals surface area contributed by atoms with Gasteiger partial charge in [0.15, 0.2) is 0 Å². The van der Waals surface area contributed by atoms with Crippen LogP contribution in [-0.4, -0.2) is 46.3 Å². The number of piperidine rings is 3. The van der Waals surface area contributed by atoms with Crippen LogP contribution >= 0.6 is 0 Å². The molecule has 0 saturated carbocycles. The minimum Gasteiger partial charge on any atom is -0.506 e. The fourth-order valence-electron chi connectivity index (χ4n) is 7.39. The van der Waals surface area contributed by atoms with Crippen LogP contribution in [0.3, 0.4) is 0 Å². The van der Waals surface area contributed by atoms with Gasteiger partial charge in [0.1, 0.15) is 24.7 Å². The highest BCUT2D eigenvalue weighted by atomic mass is 16.6. The van der Waals surface area contributed by atoms with Crippen molar-refractivity contribution < 1.29 is 28.9 Å². The standard InChI is InChI=1S/C42H42N4O6/c1-2-32-25-45-23-21-33(32)24-36(45)40(50-26-29-12-6-3-7-13-29)34-20-22-43-35-18-19-37(47)39(38(34)35)46(42(49)52-28-31-16-10-5-11-17-31)44-41(48)51-27-30-14-8-4-9-15-30/h2-20,22,32-33,36,40,47H,1,21,23-28H2,(H,44,48)/t32?,33?,36?,40-/m0/s1. The topological polar surface area (TPSA) is 113 Å². The summed E-state index contributed by atoms with van der Waals surface area (Å²) in [5, 5.41) is 13.0. The number of pyridine rings is 1. The predicted octanol–water partition coefficient (Wildman–Crippen LogP) is 8.08. The fraction of sp³-hybridized carbons (Fsp3) is 0.262. The molecule has 3 aliphatic rings. The van der Waals surface area contributed by atoms with Crippen LogP contribution < -0.4 is 10.4 Å². The first kappa shape index (κ1) is 34.7. The van der Waals surface area contributed by atoms with Gasteiger partial charge in [0.2, 0.25) is 0 Å². The van der Waals surface area contributed by atoms with Crippen LogP contribution in [0.1, 0.15) is 41.2 Å². The van der Waals surface area contributed by atoms with Crippen molar-refractivity contribution in [1.29, 1.82) is 0 Å². The molecule has 52 heavy (non-hydrogen) atoms. The molecule has 3 saturated heterocycles. The van der Waals surface area contributed by atoms with Crippen LogP contribution in [0.15, 0.2) is 128 Å². The van der Waals surface area contributed by atoms with Crippen molar-refractivity contribution in [2.75, 3.05) is 18.1 Å². The van der Waals surface area contributed by atoms with Gasteiger partial charge in [-0.25, -0.2) is 15.0 Å². The number of amides is 2. The zero-order valence-electron chi connectivity index (χ0n) is 28.8. The number of hydrazine groups is 1. The summed E-state index contributed by atoms with van der Waals surface area (Å²) in [4.78, 5) is 34.5. The van der Waals surface area contributed by atoms with Gasteiger partial charge in [-0.15, -0.1) is 6.58 Å². The second-order valence-electron chi connectivity index (χ2n) is 13.2. The molecule has 0 aliphatic carbocycles. The molecule has 0 radical (unpaired) electrons. The van der Waals surface area contributed by atoms with Crippen molar-refractivity contribution in [3.8, 4) is 5.75 Å². The minimum atomic E-state index is -0.922. The lowest BCUT2D eigenvalue weighted by Gasteiger charge is -2.51. The molecular formula is C42H42N4O6. The monoisotopic (exact) mass is 698 g/mol. The van der Waals surface area contributed by atoms with E-state index in [9.17, 15) is 14.7 Å². The molecule has 2 N–H and O–H groups in total. The molecule has 8 rings (SSSR count). The number of ether oxygens (including phenoxy) is 3. The number of aromatic nitrogens is 1. The summed E-state index contributed by atoms with van der Waals surface area (Å²) < 4.78 is 18.1. The van der Waals surface area contributed by atoms with E-state index in [1.54, 1.807) is 12.3 Å². The van der Waals surface area contributed by atoms with E-state index >= 15 is 0 Å². The molecule has 5 aromatic rings. The third-order valence-electron chi connectivity index (χ3n) is 10.0. The Morgan fingerprint density at radius 3 is 2.13 bits per heavy atom. The lowest BCUT2D eigenvalue weighted by atomic mass is 9.73. The van der Waals surface area contributed by atoms with Crippen molar-refractivity contribution >= 4 is 28.8 Å². The maximum absolute atomic E-state index is 14.0. The Kier molecular flexibility index (Phi) is 10.7. The zero-order chi connectivity index (χ0) is 35.9. The molecule has 10 nitrogen and oxygen atoms in total. The van der Waals surface area contributed by atoms with Crippen molar-refractivity contribution in [2.45, 2.75) is 44.8 Å². The van der Waals surface area contributed by atoms with E-state index in [0.29, 0.717) is 29.3 Å². The van der Waals surface area contributed by atoms with Crippen molar-refractivity contribution in [3.63, 3.8) is 0 Å². The number of phenolic OH excluding ortho intramolecular Hbond substituents is 1. The van der Waals surface area contributed by atoms with Gasteiger partial charge >= 0.3 is 12.2 Å². The average molecular weight is 699 g/mol. The lowest BCUT2D eigenvalue weighted by molar-refractivity contribution is -0.0803. The van der Waals surface area contributed by atoms with E-state index in [-0.39, 0.29) is 30.7 Å². The number of carbonyl (C=O) groups is 2. The van der Waals surface area contributed by atoms with Gasteiger partial charge in [-0.2, -0.15) is 5.01 Å². The molecule has 1 aromatic heterocycles. The van der Waals surface area contributed by atoms with Crippen LogP contribution in [0.4, 0.5) is 15.3 Å². The molecule has 2 bridgehead atoms. The number of phenols is 1. The molecule has 266 valence electrons. The molecule has 4 aromatic carbocycles. The van der Waals surface area contributed by atoms with E-state index in [4.69, 9.17) is 14.2 Å². The summed E-state index contributed by atoms with van der Waals surface area (Å²) in [7, 11) is 0. The number of benzene rings is 4. The molecule has 2 amide bonds. The highest BCUT2D eigenvalue weighted by molar-refractivity contribution is 6.05. The summed E-state index contributed by atoms with van der Waals surface area (Å²) in [6, 6.07) is 33.4. The highest BCUT2D eigenvalue weighted by Gasteiger charge is 2.44. The lowest BCUT2D eigenvalue weighted by Crippen LogP contribution is -2.55. The largest absolute Gasteiger partial charge is 0.506 e. The van der Waals surface area contributed by atoms with Crippen LogP contribution in [-0.2, 0) is 34.0 Å². The molecule has 0 spiro atoms. The van der Waals surface area contributed by atoms with Crippen molar-refractivity contribution in [2.24, 2.45) is 11.8 Å². The summed E-state index contributed by atoms with van der Waals surface area (Å²) in [5.74, 6) is 0.595. The first-order valence-corrected chi connectivity index (χ1v) is 17.6. The smallest absolute Gasteiger partial charge is 0.434 e. The maximum atomic E-state index is 14.0. The minimum absolute atomic E-state index is 0.00161. The molecule has 3 fully saturated rings. The SMILES string of the molecule is C=CC1CN2CCC1CC2[C@@H](OCc1ccccc1)c1ccnc2ccc(O)c(N(NC(=O)OCc3ccccc3)C(=O)OCc3ccccc3)c12. The quantitative estimate of drug-likeness (QED) is 0.105. The van der Waals surface area contributed by atoms with Gasteiger partial charge in [0, 0.05) is 24.2 Å². The van der Waals surface area contributed by atoms with E-state index in [2.05, 4.69) is 28.0 Å². The molecule has 5 atom stereocenters. The van der Waals surface area contributed by atoms with E-state index in [1.165, 1.54) is 6.07 Å². The first-order valence-electron chi connectivity index (χ1n) is 17.6. The van der Waals surface area contributed by atoms with Gasteiger partial charge in [0.25, 0.3) is 0 Å². The third-order valence-corrected chi connectivity index (χ3v) is 10.0. The molecule has 10 heteroatoms. The van der Waals surface area contributed by atoms with Crippen LogP contribution in [0.5, 0.6) is 5.75 Å². The molecule has 4 unspecified atom stereocenters. The number of hydrogen-bond acceptors (Lipinski definition) is 8. The number of fused-ring (bicyclic) bond motifs is 4. The van der Waals surface area contributed by atoms with Crippen molar-refractivity contribution in [1.82, 2.24) is 15.3 Å². The van der Waals surface area contributed by atoms with Gasteiger partial charge in [-0.05, 0) is 71.7 Å². The molecule has 3 aliphatic heterocycles. The van der Waals surface area contributed by atoms with E-state index < -0.39 is 18.3 Å². The Bertz CT molecular complexity index is 1990. The van der Waals surface area contributed by atoms with Gasteiger partial charge in [0.05, 0.1) is 18.2 Å². The summed E-state index contributed by atoms with van der Waals surface area (Å²) in [6.45, 7) is 6.15. The third kappa shape index (κ3) is 7.78. The van der Waals surface area contributed by atoms with Gasteiger partial charge < -0.3 is 19.3 Å². The number of aromatic hydroxyl groups is 1. The normalized spacial score (nSPS) is 19.8. The van der Waals surface area contributed by atoms with Gasteiger partial charge in [-0.3, -0.25) is 9.88 Å². The Morgan fingerprint density at radius 2 is 1.52 bits per heavy atom. The maximum Gasteiger partial charge on any atom is 0.434 e. The molecular weight excluding hydrogens is 656 g/mol.